The first-order valence-electron chi connectivity index (χ1n) is 8.20. The molecule has 0 bridgehead atoms. The Bertz CT molecular complexity index is 909. The summed E-state index contributed by atoms with van der Waals surface area (Å²) in [6, 6.07) is 5.18. The van der Waals surface area contributed by atoms with E-state index in [1.165, 1.54) is 18.2 Å². The molecule has 2 aromatic carbocycles. The van der Waals surface area contributed by atoms with Gasteiger partial charge >= 0.3 is 0 Å². The number of Topliss-reactive ketones (excluding diaryl/α,β-unsaturated/α-hetero) is 1. The van der Waals surface area contributed by atoms with E-state index in [0.717, 1.165) is 11.6 Å². The number of hydrogen-bond donors (Lipinski definition) is 4. The zero-order valence-electron chi connectivity index (χ0n) is 14.5. The first-order valence-corrected chi connectivity index (χ1v) is 8.20. The highest BCUT2D eigenvalue weighted by Crippen LogP contribution is 2.46. The van der Waals surface area contributed by atoms with Crippen LogP contribution in [0, 0.1) is 0 Å². The minimum Gasteiger partial charge on any atom is -0.508 e. The van der Waals surface area contributed by atoms with Gasteiger partial charge in [-0.1, -0.05) is 11.6 Å². The highest BCUT2D eigenvalue weighted by atomic mass is 16.5. The van der Waals surface area contributed by atoms with Gasteiger partial charge in [0.05, 0.1) is 6.42 Å². The van der Waals surface area contributed by atoms with Crippen LogP contribution in [0.4, 0.5) is 0 Å². The zero-order valence-corrected chi connectivity index (χ0v) is 14.5. The molecule has 0 spiro atoms. The fourth-order valence-electron chi connectivity index (χ4n) is 3.01. The number of ketones is 1. The average Bonchev–Trinajstić information content (AvgIpc) is 2.53. The van der Waals surface area contributed by atoms with Crippen LogP contribution in [0.1, 0.15) is 47.9 Å². The second kappa shape index (κ2) is 6.63. The molecule has 0 saturated carbocycles. The summed E-state index contributed by atoms with van der Waals surface area (Å²) in [7, 11) is 0. The summed E-state index contributed by atoms with van der Waals surface area (Å²) in [5.74, 6) is -1.03. The fraction of sp³-hybridized carbons (Fsp3) is 0.250. The van der Waals surface area contributed by atoms with Gasteiger partial charge < -0.3 is 25.2 Å². The molecule has 0 aliphatic carbocycles. The zero-order chi connectivity index (χ0) is 19.0. The Labute approximate surface area is 150 Å². The van der Waals surface area contributed by atoms with Crippen molar-refractivity contribution < 1.29 is 30.0 Å². The topological polar surface area (TPSA) is 107 Å². The molecule has 0 fully saturated rings. The number of fused-ring (bicyclic) bond motifs is 1. The van der Waals surface area contributed by atoms with Crippen molar-refractivity contribution in [1.29, 1.82) is 0 Å². The minimum absolute atomic E-state index is 0.0366. The predicted molar refractivity (Wildman–Crippen MR) is 95.0 cm³/mol. The van der Waals surface area contributed by atoms with Gasteiger partial charge in [-0.3, -0.25) is 4.79 Å². The van der Waals surface area contributed by atoms with Gasteiger partial charge in [-0.05, 0) is 32.4 Å². The second-order valence-electron chi connectivity index (χ2n) is 6.56. The Morgan fingerprint density at radius 1 is 1.12 bits per heavy atom. The van der Waals surface area contributed by atoms with Gasteiger partial charge in [0, 0.05) is 23.3 Å². The summed E-state index contributed by atoms with van der Waals surface area (Å²) in [6.07, 6.45) is 1.34. The van der Waals surface area contributed by atoms with Crippen molar-refractivity contribution >= 4 is 5.78 Å². The lowest BCUT2D eigenvalue weighted by Gasteiger charge is -2.28. The van der Waals surface area contributed by atoms with E-state index in [9.17, 15) is 25.2 Å². The molecular weight excluding hydrogens is 336 g/mol. The summed E-state index contributed by atoms with van der Waals surface area (Å²) >= 11 is 0. The summed E-state index contributed by atoms with van der Waals surface area (Å²) in [5, 5.41) is 39.8. The molecule has 3 rings (SSSR count). The van der Waals surface area contributed by atoms with Crippen molar-refractivity contribution in [3.8, 4) is 28.7 Å². The lowest BCUT2D eigenvalue weighted by Crippen LogP contribution is -2.21. The van der Waals surface area contributed by atoms with Crippen molar-refractivity contribution in [3.05, 3.63) is 52.6 Å². The van der Waals surface area contributed by atoms with Crippen LogP contribution < -0.4 is 4.74 Å². The number of carbonyl (C=O) groups excluding carboxylic acids is 1. The van der Waals surface area contributed by atoms with Crippen LogP contribution in [-0.4, -0.2) is 26.2 Å². The average molecular weight is 356 g/mol. The summed E-state index contributed by atoms with van der Waals surface area (Å²) in [6.45, 7) is 3.82. The molecular formula is C20H20O6. The van der Waals surface area contributed by atoms with Crippen LogP contribution in [0.15, 0.2) is 35.9 Å². The molecule has 0 saturated heterocycles. The summed E-state index contributed by atoms with van der Waals surface area (Å²) in [5.41, 5.74) is 1.81. The third-order valence-electron chi connectivity index (χ3n) is 4.32. The number of hydrogen-bond acceptors (Lipinski definition) is 6. The number of rotatable bonds is 3. The standard InChI is InChI=1S/C20H20O6/c1-10(2)3-5-13-15(23)8-16(24)19-17(25)9-18(26-20(13)19)12-6-4-11(21)7-14(12)22/h3-4,6-8,18,21-24H,5,9H2,1-2H3. The second-order valence-corrected chi connectivity index (χ2v) is 6.56. The largest absolute Gasteiger partial charge is 0.508 e. The Kier molecular flexibility index (Phi) is 4.50. The fourth-order valence-corrected chi connectivity index (χ4v) is 3.01. The maximum Gasteiger partial charge on any atom is 0.174 e. The molecule has 0 radical (unpaired) electrons. The SMILES string of the molecule is CC(C)=CCc1c(O)cc(O)c2c1OC(c1ccc(O)cc1O)CC2=O. The van der Waals surface area contributed by atoms with E-state index in [1.54, 1.807) is 0 Å². The molecule has 1 aliphatic rings. The van der Waals surface area contributed by atoms with Crippen molar-refractivity contribution in [2.24, 2.45) is 0 Å². The van der Waals surface area contributed by atoms with Gasteiger partial charge in [0.15, 0.2) is 5.78 Å². The normalized spacial score (nSPS) is 15.9. The van der Waals surface area contributed by atoms with Gasteiger partial charge in [0.1, 0.15) is 40.4 Å². The van der Waals surface area contributed by atoms with E-state index in [4.69, 9.17) is 4.74 Å². The Morgan fingerprint density at radius 2 is 1.85 bits per heavy atom. The summed E-state index contributed by atoms with van der Waals surface area (Å²) < 4.78 is 5.92. The lowest BCUT2D eigenvalue weighted by atomic mass is 9.92. The predicted octanol–water partition coefficient (Wildman–Crippen LogP) is 3.72. The molecule has 1 heterocycles. The van der Waals surface area contributed by atoms with E-state index < -0.39 is 6.10 Å². The molecule has 6 nitrogen and oxygen atoms in total. The quantitative estimate of drug-likeness (QED) is 0.624. The monoisotopic (exact) mass is 356 g/mol. The van der Waals surface area contributed by atoms with Crippen molar-refractivity contribution in [3.63, 3.8) is 0 Å². The van der Waals surface area contributed by atoms with Crippen molar-refractivity contribution in [2.75, 3.05) is 0 Å². The number of aromatic hydroxyl groups is 4. The first-order chi connectivity index (χ1) is 12.3. The summed E-state index contributed by atoms with van der Waals surface area (Å²) in [4.78, 5) is 12.6. The van der Waals surface area contributed by atoms with Gasteiger partial charge in [-0.15, -0.1) is 0 Å². The van der Waals surface area contributed by atoms with E-state index in [1.807, 2.05) is 19.9 Å². The molecule has 4 N–H and O–H groups in total. The Morgan fingerprint density at radius 3 is 2.50 bits per heavy atom. The number of allylic oxidation sites excluding steroid dienone is 2. The number of carbonyl (C=O) groups is 1. The van der Waals surface area contributed by atoms with Crippen LogP contribution in [0.3, 0.4) is 0 Å². The molecule has 0 amide bonds. The molecule has 1 atom stereocenters. The van der Waals surface area contributed by atoms with Crippen LogP contribution in [-0.2, 0) is 6.42 Å². The van der Waals surface area contributed by atoms with Gasteiger partial charge in [-0.25, -0.2) is 0 Å². The maximum atomic E-state index is 12.6. The van der Waals surface area contributed by atoms with Crippen LogP contribution in [0.5, 0.6) is 28.7 Å². The van der Waals surface area contributed by atoms with E-state index >= 15 is 0 Å². The van der Waals surface area contributed by atoms with Crippen molar-refractivity contribution in [1.82, 2.24) is 0 Å². The van der Waals surface area contributed by atoms with Gasteiger partial charge in [-0.2, -0.15) is 0 Å². The molecule has 0 aromatic heterocycles. The van der Waals surface area contributed by atoms with Gasteiger partial charge in [0.2, 0.25) is 0 Å². The lowest BCUT2D eigenvalue weighted by molar-refractivity contribution is 0.0839. The number of phenolic OH excluding ortho intramolecular Hbond substituents is 4. The number of benzene rings is 2. The molecule has 1 unspecified atom stereocenters. The molecule has 2 aromatic rings. The highest BCUT2D eigenvalue weighted by Gasteiger charge is 2.34. The molecule has 136 valence electrons. The third kappa shape index (κ3) is 3.18. The number of ether oxygens (including phenoxy) is 1. The smallest absolute Gasteiger partial charge is 0.174 e. The van der Waals surface area contributed by atoms with Crippen LogP contribution in [0.2, 0.25) is 0 Å². The highest BCUT2D eigenvalue weighted by molar-refractivity contribution is 6.03. The Balaban J connectivity index is 2.10. The van der Waals surface area contributed by atoms with Crippen molar-refractivity contribution in [2.45, 2.75) is 32.8 Å². The van der Waals surface area contributed by atoms with Crippen LogP contribution in [0.25, 0.3) is 0 Å². The van der Waals surface area contributed by atoms with E-state index in [-0.39, 0.29) is 46.5 Å². The van der Waals surface area contributed by atoms with E-state index in [2.05, 4.69) is 0 Å². The third-order valence-corrected chi connectivity index (χ3v) is 4.32. The molecule has 26 heavy (non-hydrogen) atoms. The molecule has 1 aliphatic heterocycles. The first kappa shape index (κ1) is 17.7. The Hall–Kier alpha value is -3.15. The van der Waals surface area contributed by atoms with Crippen LogP contribution >= 0.6 is 0 Å². The molecule has 6 heteroatoms. The minimum atomic E-state index is -0.790. The van der Waals surface area contributed by atoms with E-state index in [0.29, 0.717) is 17.5 Å². The maximum absolute atomic E-state index is 12.6. The number of phenols is 4. The van der Waals surface area contributed by atoms with Gasteiger partial charge in [0.25, 0.3) is 0 Å².